The molecular formula is C20H32N4O6. The lowest BCUT2D eigenvalue weighted by atomic mass is 10.1. The van der Waals surface area contributed by atoms with E-state index >= 15 is 0 Å². The number of carbonyl (C=O) groups excluding carboxylic acids is 5. The summed E-state index contributed by atoms with van der Waals surface area (Å²) < 4.78 is 0. The summed E-state index contributed by atoms with van der Waals surface area (Å²) in [5.74, 6) is -2.23. The molecule has 10 nitrogen and oxygen atoms in total. The first-order valence-corrected chi connectivity index (χ1v) is 10.4. The van der Waals surface area contributed by atoms with Gasteiger partial charge in [0, 0.05) is 38.9 Å². The van der Waals surface area contributed by atoms with Gasteiger partial charge in [0.05, 0.1) is 12.5 Å². The van der Waals surface area contributed by atoms with Crippen molar-refractivity contribution >= 4 is 29.6 Å². The highest BCUT2D eigenvalue weighted by Crippen LogP contribution is 2.23. The third kappa shape index (κ3) is 7.40. The molecule has 2 N–H and O–H groups in total. The molecule has 0 bridgehead atoms. The number of nitrogens with zero attached hydrogens (tertiary/aromatic N) is 2. The number of amides is 4. The summed E-state index contributed by atoms with van der Waals surface area (Å²) in [5, 5.41) is 5.85. The Balaban J connectivity index is 1.60. The molecule has 2 aliphatic rings. The van der Waals surface area contributed by atoms with Gasteiger partial charge in [-0.2, -0.15) is 0 Å². The number of carbonyl (C=O) groups is 5. The van der Waals surface area contributed by atoms with Gasteiger partial charge in [-0.25, -0.2) is 4.79 Å². The highest BCUT2D eigenvalue weighted by atomic mass is 16.8. The highest BCUT2D eigenvalue weighted by molar-refractivity contribution is 6.01. The van der Waals surface area contributed by atoms with Crippen molar-refractivity contribution in [1.82, 2.24) is 20.6 Å². The Labute approximate surface area is 176 Å². The van der Waals surface area contributed by atoms with Gasteiger partial charge in [0.2, 0.25) is 11.8 Å². The summed E-state index contributed by atoms with van der Waals surface area (Å²) in [6, 6.07) is -0.155. The number of nitrogens with one attached hydrogen (secondary N) is 2. The van der Waals surface area contributed by atoms with Crippen LogP contribution < -0.4 is 10.6 Å². The van der Waals surface area contributed by atoms with E-state index in [0.717, 1.165) is 25.9 Å². The summed E-state index contributed by atoms with van der Waals surface area (Å²) in [4.78, 5) is 65.7. The van der Waals surface area contributed by atoms with Gasteiger partial charge >= 0.3 is 5.97 Å². The van der Waals surface area contributed by atoms with Crippen molar-refractivity contribution in [3.63, 3.8) is 0 Å². The molecule has 0 spiro atoms. The first kappa shape index (κ1) is 23.8. The molecule has 0 radical (unpaired) electrons. The minimum Gasteiger partial charge on any atom is -0.355 e. The molecule has 2 rings (SSSR count). The number of hydroxylamine groups is 2. The lowest BCUT2D eigenvalue weighted by molar-refractivity contribution is -0.197. The smallest absolute Gasteiger partial charge is 0.334 e. The second-order valence-corrected chi connectivity index (χ2v) is 8.88. The quantitative estimate of drug-likeness (QED) is 0.301. The minimum atomic E-state index is -0.771. The van der Waals surface area contributed by atoms with E-state index in [2.05, 4.69) is 36.3 Å². The van der Waals surface area contributed by atoms with Crippen LogP contribution in [0.5, 0.6) is 0 Å². The largest absolute Gasteiger partial charge is 0.355 e. The standard InChI is InChI=1S/C20H32N4O6/c1-20(2,3)13-23-12-4-5-14(23)19(29)22-10-8-15(25)21-11-9-18(28)30-24-16(26)6-7-17(24)27/h14H,4-13H2,1-3H3,(H,21,25)(H,22,29)/i8+1,9+1,10+1,11+1,13+1,15+1,18+1,21+1,23+1. The average Bonchev–Trinajstić information content (AvgIpc) is 3.21. The van der Waals surface area contributed by atoms with Crippen LogP contribution in [0, 0.1) is 5.41 Å². The zero-order valence-corrected chi connectivity index (χ0v) is 18.0. The summed E-state index contributed by atoms with van der Waals surface area (Å²) in [6.45, 7) is 8.40. The molecule has 30 heavy (non-hydrogen) atoms. The number of likely N-dealkylation sites (tertiary alicyclic amines) is 1. The van der Waals surface area contributed by atoms with Gasteiger partial charge in [0.15, 0.2) is 0 Å². The van der Waals surface area contributed by atoms with E-state index in [9.17, 15) is 24.0 Å². The molecule has 0 aromatic heterocycles. The first-order chi connectivity index (χ1) is 14.1. The molecular weight excluding hydrogens is 401 g/mol. The predicted octanol–water partition coefficient (Wildman–Crippen LogP) is 0.117. The fourth-order valence-corrected chi connectivity index (χ4v) is 3.54. The summed E-state index contributed by atoms with van der Waals surface area (Å²) >= 11 is 0. The Kier molecular flexibility index (Phi) is 8.33. The first-order valence-electron chi connectivity index (χ1n) is 10.4. The van der Waals surface area contributed by atoms with Gasteiger partial charge in [0.1, 0.15) is 0 Å². The predicted molar refractivity (Wildman–Crippen MR) is 106 cm³/mol. The van der Waals surface area contributed by atoms with Crippen LogP contribution in [0.3, 0.4) is 0 Å². The van der Waals surface area contributed by atoms with Crippen molar-refractivity contribution < 1.29 is 28.8 Å². The van der Waals surface area contributed by atoms with Crippen molar-refractivity contribution in [2.75, 3.05) is 26.2 Å². The van der Waals surface area contributed by atoms with E-state index in [4.69, 9.17) is 4.84 Å². The van der Waals surface area contributed by atoms with Crippen LogP contribution in [-0.4, -0.2) is 71.8 Å². The number of imide groups is 1. The van der Waals surface area contributed by atoms with Crippen molar-refractivity contribution in [3.8, 4) is 0 Å². The highest BCUT2D eigenvalue weighted by Gasteiger charge is 2.33. The maximum Gasteiger partial charge on any atom is 0.334 e. The number of hydrogen-bond acceptors (Lipinski definition) is 7. The van der Waals surface area contributed by atoms with Crippen LogP contribution in [0.25, 0.3) is 0 Å². The molecule has 2 saturated heterocycles. The van der Waals surface area contributed by atoms with E-state index in [0.29, 0.717) is 5.06 Å². The minimum absolute atomic E-state index is 0.0177. The lowest BCUT2D eigenvalue weighted by Gasteiger charge is -2.30. The molecule has 10 heteroatoms. The Morgan fingerprint density at radius 2 is 1.67 bits per heavy atom. The third-order valence-corrected chi connectivity index (χ3v) is 4.85. The van der Waals surface area contributed by atoms with Gasteiger partial charge in [0.25, 0.3) is 11.8 Å². The van der Waals surface area contributed by atoms with E-state index < -0.39 is 17.8 Å². The van der Waals surface area contributed by atoms with Crippen molar-refractivity contribution in [1.29, 1.82) is 0 Å². The van der Waals surface area contributed by atoms with Crippen LogP contribution in [0.15, 0.2) is 0 Å². The van der Waals surface area contributed by atoms with E-state index in [1.165, 1.54) is 0 Å². The molecule has 0 aromatic rings. The summed E-state index contributed by atoms with van der Waals surface area (Å²) in [7, 11) is 0. The topological polar surface area (TPSA) is 125 Å². The van der Waals surface area contributed by atoms with Crippen molar-refractivity contribution in [2.45, 2.75) is 65.3 Å². The van der Waals surface area contributed by atoms with Crippen LogP contribution >= 0.6 is 0 Å². The third-order valence-electron chi connectivity index (χ3n) is 4.85. The fourth-order valence-electron chi connectivity index (χ4n) is 3.54. The maximum absolute atomic E-state index is 12.4. The van der Waals surface area contributed by atoms with Crippen LogP contribution in [-0.2, 0) is 28.8 Å². The molecule has 2 fully saturated rings. The van der Waals surface area contributed by atoms with Gasteiger partial charge in [-0.05, 0) is 24.8 Å². The van der Waals surface area contributed by atoms with Gasteiger partial charge < -0.3 is 15.5 Å². The molecule has 168 valence electrons. The van der Waals surface area contributed by atoms with Gasteiger partial charge in [-0.1, -0.05) is 20.8 Å². The summed E-state index contributed by atoms with van der Waals surface area (Å²) in [6.07, 6.45) is 1.79. The molecule has 0 saturated carbocycles. The van der Waals surface area contributed by atoms with Crippen molar-refractivity contribution in [2.24, 2.45) is 5.41 Å². The average molecular weight is 433 g/mol. The number of hydrogen-bond donors (Lipinski definition) is 2. The van der Waals surface area contributed by atoms with Gasteiger partial charge in [-0.15, -0.1) is 5.06 Å². The van der Waals surface area contributed by atoms with Crippen LogP contribution in [0.1, 0.15) is 59.3 Å². The van der Waals surface area contributed by atoms with Gasteiger partial charge in [-0.3, -0.25) is 24.1 Å². The van der Waals surface area contributed by atoms with E-state index in [1.807, 2.05) is 0 Å². The second kappa shape index (κ2) is 10.5. The summed E-state index contributed by atoms with van der Waals surface area (Å²) in [5.41, 5.74) is 0.110. The second-order valence-electron chi connectivity index (χ2n) is 8.88. The van der Waals surface area contributed by atoms with Crippen molar-refractivity contribution in [3.05, 3.63) is 0 Å². The lowest BCUT2D eigenvalue weighted by Crippen LogP contribution is -2.46. The zero-order chi connectivity index (χ0) is 22.3. The number of rotatable bonds is 9. The molecule has 1 unspecified atom stereocenters. The Bertz CT molecular complexity index is 671. The molecule has 0 aliphatic carbocycles. The van der Waals surface area contributed by atoms with Crippen LogP contribution in [0.2, 0.25) is 0 Å². The Hall–Kier alpha value is -2.49. The van der Waals surface area contributed by atoms with E-state index in [1.54, 1.807) is 0 Å². The Morgan fingerprint density at radius 1 is 1.03 bits per heavy atom. The zero-order valence-electron chi connectivity index (χ0n) is 18.0. The molecule has 1 atom stereocenters. The monoisotopic (exact) mass is 433 g/mol. The fraction of sp³-hybridized carbons (Fsp3) is 0.750. The van der Waals surface area contributed by atoms with E-state index in [-0.39, 0.29) is 62.0 Å². The van der Waals surface area contributed by atoms with Crippen LogP contribution in [0.4, 0.5) is 0 Å². The molecule has 2 heterocycles. The SMILES string of the molecule is CC(C)(C)[13CH2][15N]1CCCC1C(=O)N[13CH2][13CH2][13C](=O)[15NH][13CH2][13CH2][13C](=O)ON1C(=O)CCC1=O. The normalized spacial score (nSPS) is 19.8. The maximum atomic E-state index is 12.4. The molecule has 0 aromatic carbocycles. The molecule has 4 amide bonds. The Morgan fingerprint density at radius 3 is 2.30 bits per heavy atom. The molecule has 2 aliphatic heterocycles.